The zero-order valence-corrected chi connectivity index (χ0v) is 11.1. The number of thiophene rings is 1. The number of halogens is 1. The van der Waals surface area contributed by atoms with E-state index in [0.717, 1.165) is 12.0 Å². The van der Waals surface area contributed by atoms with Crippen LogP contribution in [0.5, 0.6) is 5.75 Å². The van der Waals surface area contributed by atoms with Crippen LogP contribution in [0.15, 0.2) is 30.3 Å². The zero-order chi connectivity index (χ0) is 12.3. The number of nitrogens with two attached hydrogens (primary N) is 1. The largest absolute Gasteiger partial charge is 0.495 e. The van der Waals surface area contributed by atoms with Crippen molar-refractivity contribution >= 4 is 22.9 Å². The Morgan fingerprint density at radius 3 is 2.76 bits per heavy atom. The third-order valence-corrected chi connectivity index (χ3v) is 3.98. The minimum atomic E-state index is 0.638. The summed E-state index contributed by atoms with van der Waals surface area (Å²) in [5, 5.41) is 0.638. The summed E-state index contributed by atoms with van der Waals surface area (Å²) < 4.78 is 5.13. The van der Waals surface area contributed by atoms with Gasteiger partial charge in [0.25, 0.3) is 0 Å². The van der Waals surface area contributed by atoms with Crippen LogP contribution in [-0.2, 0) is 6.42 Å². The Bertz CT molecular complexity index is 510. The second-order valence-corrected chi connectivity index (χ2v) is 5.23. The second-order valence-electron chi connectivity index (χ2n) is 3.65. The number of methoxy groups -OCH3 is 1. The van der Waals surface area contributed by atoms with Crippen LogP contribution in [0.25, 0.3) is 10.4 Å². The van der Waals surface area contributed by atoms with Gasteiger partial charge in [-0.2, -0.15) is 0 Å². The SMILES string of the molecule is COc1ccc(-c2ccc(CCN)s2)cc1Cl. The minimum absolute atomic E-state index is 0.638. The normalized spacial score (nSPS) is 10.5. The molecule has 0 saturated carbocycles. The molecule has 0 unspecified atom stereocenters. The molecular formula is C13H14ClNOS. The highest BCUT2D eigenvalue weighted by Gasteiger charge is 2.06. The molecule has 0 fully saturated rings. The molecule has 1 aromatic heterocycles. The van der Waals surface area contributed by atoms with E-state index < -0.39 is 0 Å². The molecule has 2 aromatic rings. The number of rotatable bonds is 4. The van der Waals surface area contributed by atoms with E-state index in [-0.39, 0.29) is 0 Å². The molecule has 2 N–H and O–H groups in total. The Kier molecular flexibility index (Phi) is 4.05. The van der Waals surface area contributed by atoms with Crippen molar-refractivity contribution in [3.05, 3.63) is 40.2 Å². The van der Waals surface area contributed by atoms with Crippen LogP contribution in [-0.4, -0.2) is 13.7 Å². The van der Waals surface area contributed by atoms with Crippen LogP contribution in [0.2, 0.25) is 5.02 Å². The van der Waals surface area contributed by atoms with E-state index in [0.29, 0.717) is 17.3 Å². The fourth-order valence-corrected chi connectivity index (χ4v) is 2.91. The van der Waals surface area contributed by atoms with E-state index in [4.69, 9.17) is 22.1 Å². The van der Waals surface area contributed by atoms with Gasteiger partial charge >= 0.3 is 0 Å². The van der Waals surface area contributed by atoms with Gasteiger partial charge < -0.3 is 10.5 Å². The van der Waals surface area contributed by atoms with Crippen LogP contribution < -0.4 is 10.5 Å². The van der Waals surface area contributed by atoms with Crippen LogP contribution in [0.4, 0.5) is 0 Å². The van der Waals surface area contributed by atoms with E-state index in [1.54, 1.807) is 18.4 Å². The van der Waals surface area contributed by atoms with Crippen LogP contribution >= 0.6 is 22.9 Å². The van der Waals surface area contributed by atoms with Crippen molar-refractivity contribution in [2.75, 3.05) is 13.7 Å². The summed E-state index contributed by atoms with van der Waals surface area (Å²) in [5.41, 5.74) is 6.65. The molecule has 0 amide bonds. The molecule has 0 aliphatic heterocycles. The first-order valence-electron chi connectivity index (χ1n) is 5.37. The summed E-state index contributed by atoms with van der Waals surface area (Å²) in [5.74, 6) is 0.703. The number of ether oxygens (including phenoxy) is 1. The maximum absolute atomic E-state index is 6.11. The van der Waals surface area contributed by atoms with E-state index in [1.165, 1.54) is 9.75 Å². The van der Waals surface area contributed by atoms with Gasteiger partial charge in [-0.25, -0.2) is 0 Å². The van der Waals surface area contributed by atoms with E-state index in [9.17, 15) is 0 Å². The Morgan fingerprint density at radius 1 is 1.29 bits per heavy atom. The highest BCUT2D eigenvalue weighted by Crippen LogP contribution is 2.33. The zero-order valence-electron chi connectivity index (χ0n) is 9.57. The predicted octanol–water partition coefficient (Wildman–Crippen LogP) is 3.58. The molecule has 0 radical (unpaired) electrons. The summed E-state index contributed by atoms with van der Waals surface area (Å²) in [6.45, 7) is 0.684. The maximum Gasteiger partial charge on any atom is 0.137 e. The molecule has 1 heterocycles. The topological polar surface area (TPSA) is 35.2 Å². The van der Waals surface area contributed by atoms with E-state index >= 15 is 0 Å². The van der Waals surface area contributed by atoms with Crippen molar-refractivity contribution in [3.63, 3.8) is 0 Å². The van der Waals surface area contributed by atoms with Crippen molar-refractivity contribution in [3.8, 4) is 16.2 Å². The lowest BCUT2D eigenvalue weighted by Gasteiger charge is -2.04. The quantitative estimate of drug-likeness (QED) is 0.919. The molecule has 0 bridgehead atoms. The molecule has 4 heteroatoms. The summed E-state index contributed by atoms with van der Waals surface area (Å²) in [6.07, 6.45) is 0.925. The van der Waals surface area contributed by atoms with Gasteiger partial charge in [0.1, 0.15) is 5.75 Å². The molecular weight excluding hydrogens is 254 g/mol. The average Bonchev–Trinajstić information content (AvgIpc) is 2.78. The molecule has 0 spiro atoms. The van der Waals surface area contributed by atoms with Gasteiger partial charge in [0.2, 0.25) is 0 Å². The lowest BCUT2D eigenvalue weighted by Crippen LogP contribution is -2.00. The highest BCUT2D eigenvalue weighted by molar-refractivity contribution is 7.15. The summed E-state index contributed by atoms with van der Waals surface area (Å²) >= 11 is 7.86. The molecule has 2 rings (SSSR count). The number of hydrogen-bond donors (Lipinski definition) is 1. The smallest absolute Gasteiger partial charge is 0.137 e. The number of benzene rings is 1. The first kappa shape index (κ1) is 12.4. The Balaban J connectivity index is 2.29. The Morgan fingerprint density at radius 2 is 2.12 bits per heavy atom. The second kappa shape index (κ2) is 5.54. The van der Waals surface area contributed by atoms with Crippen LogP contribution in [0.1, 0.15) is 4.88 Å². The monoisotopic (exact) mass is 267 g/mol. The fraction of sp³-hybridized carbons (Fsp3) is 0.231. The van der Waals surface area contributed by atoms with Gasteiger partial charge in [0.05, 0.1) is 12.1 Å². The highest BCUT2D eigenvalue weighted by atomic mass is 35.5. The first-order valence-corrected chi connectivity index (χ1v) is 6.56. The van der Waals surface area contributed by atoms with Gasteiger partial charge in [0, 0.05) is 9.75 Å². The third kappa shape index (κ3) is 2.80. The lowest BCUT2D eigenvalue weighted by molar-refractivity contribution is 0.415. The van der Waals surface area contributed by atoms with Gasteiger partial charge in [-0.3, -0.25) is 0 Å². The molecule has 1 aromatic carbocycles. The van der Waals surface area contributed by atoms with Gasteiger partial charge in [-0.05, 0) is 48.9 Å². The van der Waals surface area contributed by atoms with Crippen molar-refractivity contribution in [1.82, 2.24) is 0 Å². The van der Waals surface area contributed by atoms with Crippen LogP contribution in [0.3, 0.4) is 0 Å². The van der Waals surface area contributed by atoms with E-state index in [1.807, 2.05) is 18.2 Å². The number of hydrogen-bond acceptors (Lipinski definition) is 3. The fourth-order valence-electron chi connectivity index (χ4n) is 1.63. The average molecular weight is 268 g/mol. The summed E-state index contributed by atoms with van der Waals surface area (Å²) in [7, 11) is 1.62. The third-order valence-electron chi connectivity index (χ3n) is 2.49. The van der Waals surface area contributed by atoms with E-state index in [2.05, 4.69) is 12.1 Å². The molecule has 0 aliphatic carbocycles. The van der Waals surface area contributed by atoms with Crippen LogP contribution in [0, 0.1) is 0 Å². The lowest BCUT2D eigenvalue weighted by atomic mass is 10.2. The van der Waals surface area contributed by atoms with Gasteiger partial charge in [0.15, 0.2) is 0 Å². The maximum atomic E-state index is 6.11. The van der Waals surface area contributed by atoms with Gasteiger partial charge in [-0.15, -0.1) is 11.3 Å². The van der Waals surface area contributed by atoms with Crippen molar-refractivity contribution < 1.29 is 4.74 Å². The van der Waals surface area contributed by atoms with Crippen molar-refractivity contribution in [2.45, 2.75) is 6.42 Å². The van der Waals surface area contributed by atoms with Crippen molar-refractivity contribution in [2.24, 2.45) is 5.73 Å². The van der Waals surface area contributed by atoms with Crippen molar-refractivity contribution in [1.29, 1.82) is 0 Å². The molecule has 2 nitrogen and oxygen atoms in total. The molecule has 0 atom stereocenters. The predicted molar refractivity (Wildman–Crippen MR) is 74.1 cm³/mol. The molecule has 17 heavy (non-hydrogen) atoms. The summed E-state index contributed by atoms with van der Waals surface area (Å²) in [4.78, 5) is 2.51. The minimum Gasteiger partial charge on any atom is -0.495 e. The standard InChI is InChI=1S/C13H14ClNOS/c1-16-12-4-2-9(8-11(12)14)13-5-3-10(17-13)6-7-15/h2-5,8H,6-7,15H2,1H3. The Hall–Kier alpha value is -1.03. The molecule has 90 valence electrons. The molecule has 0 aliphatic rings. The molecule has 0 saturated heterocycles. The Labute approximate surface area is 110 Å². The van der Waals surface area contributed by atoms with Gasteiger partial charge in [-0.1, -0.05) is 11.6 Å². The first-order chi connectivity index (χ1) is 8.24. The summed E-state index contributed by atoms with van der Waals surface area (Å²) in [6, 6.07) is 10.1.